The molecule has 0 aliphatic carbocycles. The van der Waals surface area contributed by atoms with Gasteiger partial charge in [-0.05, 0) is 0 Å². The second-order valence-corrected chi connectivity index (χ2v) is 3.14. The first-order valence-electron chi connectivity index (χ1n) is 4.00. The topological polar surface area (TPSA) is 33.5 Å². The van der Waals surface area contributed by atoms with Crippen LogP contribution in [0.25, 0.3) is 0 Å². The Kier molecular flexibility index (Phi) is 1.38. The van der Waals surface area contributed by atoms with Crippen LogP contribution in [-0.4, -0.2) is 31.6 Å². The standard InChI is InChI=1S/C7H12N2O/c10-7-6-2-1-4-9(6)5-3-8-7/h6H,1-5H2,(H,8,10)/p+1/t6-/m1/s1. The zero-order chi connectivity index (χ0) is 6.97. The molecule has 0 saturated carbocycles. The SMILES string of the molecule is O=C1NCC[NH+]2CCC[C@H]12. The fourth-order valence-electron chi connectivity index (χ4n) is 2.00. The number of carbonyl (C=O) groups excluding carboxylic acids is 1. The number of piperazine rings is 1. The second-order valence-electron chi connectivity index (χ2n) is 3.14. The second kappa shape index (κ2) is 2.23. The molecule has 2 atom stereocenters. The summed E-state index contributed by atoms with van der Waals surface area (Å²) in [5.74, 6) is 0.277. The molecular formula is C7H13N2O+. The summed E-state index contributed by atoms with van der Waals surface area (Å²) in [6.45, 7) is 3.22. The molecule has 2 saturated heterocycles. The van der Waals surface area contributed by atoms with Gasteiger partial charge in [0.2, 0.25) is 0 Å². The maximum atomic E-state index is 11.1. The Labute approximate surface area is 60.4 Å². The zero-order valence-corrected chi connectivity index (χ0v) is 6.02. The Hall–Kier alpha value is -0.570. The third-order valence-corrected chi connectivity index (χ3v) is 2.55. The summed E-state index contributed by atoms with van der Waals surface area (Å²) in [5, 5.41) is 2.89. The first-order chi connectivity index (χ1) is 4.88. The molecule has 1 amide bonds. The lowest BCUT2D eigenvalue weighted by molar-refractivity contribution is -0.904. The van der Waals surface area contributed by atoms with Gasteiger partial charge in [-0.25, -0.2) is 0 Å². The van der Waals surface area contributed by atoms with E-state index in [0.29, 0.717) is 6.04 Å². The summed E-state index contributed by atoms with van der Waals surface area (Å²) in [6, 6.07) is 0.300. The van der Waals surface area contributed by atoms with Gasteiger partial charge < -0.3 is 10.2 Å². The summed E-state index contributed by atoms with van der Waals surface area (Å²) in [4.78, 5) is 12.6. The van der Waals surface area contributed by atoms with E-state index in [4.69, 9.17) is 0 Å². The number of quaternary nitrogens is 1. The Morgan fingerprint density at radius 3 is 3.20 bits per heavy atom. The normalized spacial score (nSPS) is 39.0. The van der Waals surface area contributed by atoms with Crippen molar-refractivity contribution in [2.24, 2.45) is 0 Å². The van der Waals surface area contributed by atoms with Crippen LogP contribution in [0.4, 0.5) is 0 Å². The molecule has 0 bridgehead atoms. The molecule has 2 fully saturated rings. The van der Waals surface area contributed by atoms with Crippen molar-refractivity contribution in [3.05, 3.63) is 0 Å². The Bertz CT molecular complexity index is 158. The highest BCUT2D eigenvalue weighted by atomic mass is 16.2. The molecular weight excluding hydrogens is 128 g/mol. The van der Waals surface area contributed by atoms with Gasteiger partial charge in [-0.3, -0.25) is 4.79 Å². The molecule has 2 aliphatic heterocycles. The number of fused-ring (bicyclic) bond motifs is 1. The molecule has 2 N–H and O–H groups in total. The molecule has 2 aliphatic rings. The van der Waals surface area contributed by atoms with Crippen LogP contribution in [0.15, 0.2) is 0 Å². The van der Waals surface area contributed by atoms with Crippen molar-refractivity contribution < 1.29 is 9.69 Å². The minimum atomic E-state index is 0.277. The number of amides is 1. The monoisotopic (exact) mass is 141 g/mol. The van der Waals surface area contributed by atoms with Crippen LogP contribution in [0.5, 0.6) is 0 Å². The molecule has 3 nitrogen and oxygen atoms in total. The van der Waals surface area contributed by atoms with Crippen molar-refractivity contribution >= 4 is 5.91 Å². The predicted molar refractivity (Wildman–Crippen MR) is 36.7 cm³/mol. The quantitative estimate of drug-likeness (QED) is 0.408. The van der Waals surface area contributed by atoms with Gasteiger partial charge in [0.1, 0.15) is 0 Å². The van der Waals surface area contributed by atoms with Crippen LogP contribution in [0.3, 0.4) is 0 Å². The van der Waals surface area contributed by atoms with Crippen LogP contribution in [-0.2, 0) is 4.79 Å². The maximum Gasteiger partial charge on any atom is 0.278 e. The van der Waals surface area contributed by atoms with Crippen LogP contribution >= 0.6 is 0 Å². The van der Waals surface area contributed by atoms with E-state index in [1.54, 1.807) is 0 Å². The van der Waals surface area contributed by atoms with Crippen molar-refractivity contribution in [3.8, 4) is 0 Å². The largest absolute Gasteiger partial charge is 0.345 e. The fourth-order valence-corrected chi connectivity index (χ4v) is 2.00. The van der Waals surface area contributed by atoms with Crippen molar-refractivity contribution in [1.29, 1.82) is 0 Å². The van der Waals surface area contributed by atoms with Gasteiger partial charge in [0, 0.05) is 12.8 Å². The molecule has 10 heavy (non-hydrogen) atoms. The third-order valence-electron chi connectivity index (χ3n) is 2.55. The zero-order valence-electron chi connectivity index (χ0n) is 6.02. The number of nitrogens with one attached hydrogen (secondary N) is 2. The van der Waals surface area contributed by atoms with Gasteiger partial charge in [-0.15, -0.1) is 0 Å². The molecule has 0 aromatic heterocycles. The van der Waals surface area contributed by atoms with Gasteiger partial charge in [0.05, 0.1) is 19.6 Å². The van der Waals surface area contributed by atoms with E-state index >= 15 is 0 Å². The summed E-state index contributed by atoms with van der Waals surface area (Å²) < 4.78 is 0. The first-order valence-corrected chi connectivity index (χ1v) is 4.00. The molecule has 0 radical (unpaired) electrons. The van der Waals surface area contributed by atoms with Crippen molar-refractivity contribution in [3.63, 3.8) is 0 Å². The average molecular weight is 141 g/mol. The lowest BCUT2D eigenvalue weighted by atomic mass is 10.2. The van der Waals surface area contributed by atoms with E-state index in [9.17, 15) is 4.79 Å². The van der Waals surface area contributed by atoms with Crippen LogP contribution in [0.1, 0.15) is 12.8 Å². The van der Waals surface area contributed by atoms with E-state index in [1.807, 2.05) is 0 Å². The molecule has 56 valence electrons. The minimum Gasteiger partial charge on any atom is -0.345 e. The lowest BCUT2D eigenvalue weighted by Gasteiger charge is -2.25. The smallest absolute Gasteiger partial charge is 0.278 e. The third kappa shape index (κ3) is 0.814. The van der Waals surface area contributed by atoms with Crippen molar-refractivity contribution in [2.45, 2.75) is 18.9 Å². The highest BCUT2D eigenvalue weighted by molar-refractivity contribution is 5.80. The van der Waals surface area contributed by atoms with Crippen LogP contribution < -0.4 is 10.2 Å². The number of hydrogen-bond acceptors (Lipinski definition) is 1. The Morgan fingerprint density at radius 2 is 2.40 bits per heavy atom. The molecule has 0 aromatic carbocycles. The van der Waals surface area contributed by atoms with Crippen molar-refractivity contribution in [1.82, 2.24) is 5.32 Å². The van der Waals surface area contributed by atoms with Crippen LogP contribution in [0, 0.1) is 0 Å². The lowest BCUT2D eigenvalue weighted by Crippen LogP contribution is -3.17. The first kappa shape index (κ1) is 6.16. The summed E-state index contributed by atoms with van der Waals surface area (Å²) in [5.41, 5.74) is 0. The minimum absolute atomic E-state index is 0.277. The van der Waals surface area contributed by atoms with Gasteiger partial charge in [-0.2, -0.15) is 0 Å². The maximum absolute atomic E-state index is 11.1. The highest BCUT2D eigenvalue weighted by Gasteiger charge is 2.36. The van der Waals surface area contributed by atoms with Gasteiger partial charge >= 0.3 is 0 Å². The summed E-state index contributed by atoms with van der Waals surface area (Å²) in [7, 11) is 0. The highest BCUT2D eigenvalue weighted by Crippen LogP contribution is 2.01. The molecule has 1 unspecified atom stereocenters. The predicted octanol–water partition coefficient (Wildman–Crippen LogP) is -1.84. The summed E-state index contributed by atoms with van der Waals surface area (Å²) in [6.07, 6.45) is 2.33. The van der Waals surface area contributed by atoms with E-state index in [0.717, 1.165) is 19.5 Å². The molecule has 3 heteroatoms. The van der Waals surface area contributed by atoms with E-state index in [-0.39, 0.29) is 5.91 Å². The number of hydrogen-bond donors (Lipinski definition) is 2. The Balaban J connectivity index is 2.10. The van der Waals surface area contributed by atoms with Crippen LogP contribution in [0.2, 0.25) is 0 Å². The molecule has 2 heterocycles. The van der Waals surface area contributed by atoms with Gasteiger partial charge in [0.25, 0.3) is 5.91 Å². The Morgan fingerprint density at radius 1 is 1.50 bits per heavy atom. The van der Waals surface area contributed by atoms with Gasteiger partial charge in [-0.1, -0.05) is 0 Å². The number of rotatable bonds is 0. The molecule has 2 rings (SSSR count). The van der Waals surface area contributed by atoms with Crippen molar-refractivity contribution in [2.75, 3.05) is 19.6 Å². The summed E-state index contributed by atoms with van der Waals surface area (Å²) >= 11 is 0. The average Bonchev–Trinajstić information content (AvgIpc) is 2.36. The molecule has 0 spiro atoms. The van der Waals surface area contributed by atoms with E-state index < -0.39 is 0 Å². The van der Waals surface area contributed by atoms with E-state index in [2.05, 4.69) is 5.32 Å². The molecule has 0 aromatic rings. The van der Waals surface area contributed by atoms with E-state index in [1.165, 1.54) is 17.9 Å². The number of carbonyl (C=O) groups is 1. The van der Waals surface area contributed by atoms with Gasteiger partial charge in [0.15, 0.2) is 6.04 Å². The fraction of sp³-hybridized carbons (Fsp3) is 0.857.